The molecule has 8 heteroatoms. The molecule has 162 valence electrons. The molecule has 1 unspecified atom stereocenters. The minimum atomic E-state index is -0.569. The zero-order valence-electron chi connectivity index (χ0n) is 17.3. The van der Waals surface area contributed by atoms with Crippen LogP contribution in [0.15, 0.2) is 54.9 Å². The Hall–Kier alpha value is -3.26. The van der Waals surface area contributed by atoms with Crippen LogP contribution in [0.1, 0.15) is 24.0 Å². The summed E-state index contributed by atoms with van der Waals surface area (Å²) < 4.78 is 6.11. The highest BCUT2D eigenvalue weighted by Gasteiger charge is 2.36. The summed E-state index contributed by atoms with van der Waals surface area (Å²) in [6.07, 6.45) is 3.87. The van der Waals surface area contributed by atoms with Crippen LogP contribution >= 0.6 is 0 Å². The number of benzene rings is 1. The fourth-order valence-electron chi connectivity index (χ4n) is 3.93. The minimum Gasteiger partial charge on any atom is -0.370 e. The summed E-state index contributed by atoms with van der Waals surface area (Å²) in [5, 5.41) is 2.71. The van der Waals surface area contributed by atoms with Crippen LogP contribution in [0, 0.1) is 0 Å². The van der Waals surface area contributed by atoms with Crippen molar-refractivity contribution in [3.63, 3.8) is 0 Å². The molecule has 3 amide bonds. The molecule has 0 spiro atoms. The highest BCUT2D eigenvalue weighted by atomic mass is 16.5. The first kappa shape index (κ1) is 21.0. The van der Waals surface area contributed by atoms with Crippen LogP contribution in [0.4, 0.5) is 0 Å². The van der Waals surface area contributed by atoms with Gasteiger partial charge >= 0.3 is 0 Å². The number of amides is 3. The maximum absolute atomic E-state index is 13.0. The van der Waals surface area contributed by atoms with Crippen molar-refractivity contribution >= 4 is 17.7 Å². The van der Waals surface area contributed by atoms with Gasteiger partial charge in [-0.05, 0) is 23.6 Å². The van der Waals surface area contributed by atoms with Gasteiger partial charge in [0.1, 0.15) is 6.04 Å². The molecule has 0 aliphatic carbocycles. The van der Waals surface area contributed by atoms with Gasteiger partial charge in [0.25, 0.3) is 0 Å². The second-order valence-corrected chi connectivity index (χ2v) is 7.93. The summed E-state index contributed by atoms with van der Waals surface area (Å²) >= 11 is 0. The lowest BCUT2D eigenvalue weighted by molar-refractivity contribution is -0.140. The monoisotopic (exact) mass is 422 g/mol. The lowest BCUT2D eigenvalue weighted by Gasteiger charge is -2.26. The number of hydrogen-bond donors (Lipinski definition) is 1. The number of pyridine rings is 1. The van der Waals surface area contributed by atoms with Crippen molar-refractivity contribution in [1.29, 1.82) is 0 Å². The van der Waals surface area contributed by atoms with Crippen molar-refractivity contribution in [3.05, 3.63) is 66.0 Å². The number of aromatic nitrogens is 1. The normalized spacial score (nSPS) is 21.7. The minimum absolute atomic E-state index is 0.0230. The average Bonchev–Trinajstić information content (AvgIpc) is 3.16. The van der Waals surface area contributed by atoms with Gasteiger partial charge in [0.15, 0.2) is 0 Å². The number of hydrogen-bond acceptors (Lipinski definition) is 5. The fourth-order valence-corrected chi connectivity index (χ4v) is 3.93. The first-order valence-corrected chi connectivity index (χ1v) is 10.5. The Bertz CT molecular complexity index is 922. The zero-order valence-corrected chi connectivity index (χ0v) is 17.3. The lowest BCUT2D eigenvalue weighted by Crippen LogP contribution is -2.48. The molecule has 31 heavy (non-hydrogen) atoms. The number of nitrogens with one attached hydrogen (secondary N) is 1. The molecule has 2 aliphatic rings. The number of ether oxygens (including phenoxy) is 1. The highest BCUT2D eigenvalue weighted by Crippen LogP contribution is 2.17. The molecule has 0 bridgehead atoms. The summed E-state index contributed by atoms with van der Waals surface area (Å²) in [6, 6.07) is 13.0. The van der Waals surface area contributed by atoms with Crippen molar-refractivity contribution in [2.75, 3.05) is 19.6 Å². The summed E-state index contributed by atoms with van der Waals surface area (Å²) in [7, 11) is 0. The fraction of sp³-hybridized carbons (Fsp3) is 0.391. The molecular weight excluding hydrogens is 396 g/mol. The van der Waals surface area contributed by atoms with Gasteiger partial charge in [-0.2, -0.15) is 0 Å². The molecule has 8 nitrogen and oxygen atoms in total. The van der Waals surface area contributed by atoms with E-state index < -0.39 is 6.04 Å². The van der Waals surface area contributed by atoms with E-state index in [0.29, 0.717) is 39.1 Å². The van der Waals surface area contributed by atoms with Crippen LogP contribution in [0.25, 0.3) is 0 Å². The first-order valence-electron chi connectivity index (χ1n) is 10.5. The van der Waals surface area contributed by atoms with E-state index in [4.69, 9.17) is 4.74 Å². The third kappa shape index (κ3) is 5.46. The third-order valence-electron chi connectivity index (χ3n) is 5.56. The molecule has 1 aromatic carbocycles. The standard InChI is InChI=1S/C23H26N4O4/c28-21-9-8-20(25-21)23(30)27-14-19(31-16-18-7-4-10-24-11-18)13-26(22(29)15-27)12-17-5-2-1-3-6-17/h1-7,10-11,19-20H,8-9,12-16H2,(H,25,28)/t19?,20-/m0/s1. The maximum atomic E-state index is 13.0. The van der Waals surface area contributed by atoms with Gasteiger partial charge in [0.2, 0.25) is 17.7 Å². The van der Waals surface area contributed by atoms with Crippen LogP contribution in [0.2, 0.25) is 0 Å². The Balaban J connectivity index is 1.49. The lowest BCUT2D eigenvalue weighted by atomic mass is 10.2. The van der Waals surface area contributed by atoms with E-state index in [0.717, 1.165) is 11.1 Å². The molecule has 1 N–H and O–H groups in total. The van der Waals surface area contributed by atoms with E-state index >= 15 is 0 Å². The second-order valence-electron chi connectivity index (χ2n) is 7.93. The van der Waals surface area contributed by atoms with Crippen molar-refractivity contribution in [1.82, 2.24) is 20.1 Å². The molecule has 3 heterocycles. The molecular formula is C23H26N4O4. The summed E-state index contributed by atoms with van der Waals surface area (Å²) in [5.41, 5.74) is 1.94. The Morgan fingerprint density at radius 3 is 2.61 bits per heavy atom. The second kappa shape index (κ2) is 9.70. The van der Waals surface area contributed by atoms with E-state index in [1.54, 1.807) is 17.3 Å². The molecule has 4 rings (SSSR count). The summed E-state index contributed by atoms with van der Waals surface area (Å²) in [6.45, 7) is 1.45. The Morgan fingerprint density at radius 2 is 1.90 bits per heavy atom. The predicted octanol–water partition coefficient (Wildman–Crippen LogP) is 1.12. The number of rotatable bonds is 6. The number of carbonyl (C=O) groups excluding carboxylic acids is 3. The van der Waals surface area contributed by atoms with Crippen molar-refractivity contribution in [3.8, 4) is 0 Å². The van der Waals surface area contributed by atoms with E-state index in [-0.39, 0.29) is 30.4 Å². The molecule has 2 fully saturated rings. The molecule has 2 saturated heterocycles. The first-order chi connectivity index (χ1) is 15.1. The maximum Gasteiger partial charge on any atom is 0.245 e. The molecule has 2 aliphatic heterocycles. The van der Waals surface area contributed by atoms with E-state index in [2.05, 4.69) is 10.3 Å². The molecule has 1 aromatic heterocycles. The van der Waals surface area contributed by atoms with Gasteiger partial charge in [-0.3, -0.25) is 19.4 Å². The van der Waals surface area contributed by atoms with Crippen LogP contribution < -0.4 is 5.32 Å². The Labute approximate surface area is 181 Å². The van der Waals surface area contributed by atoms with Crippen molar-refractivity contribution in [2.24, 2.45) is 0 Å². The molecule has 2 atom stereocenters. The van der Waals surface area contributed by atoms with Crippen LogP contribution in [-0.2, 0) is 32.3 Å². The summed E-state index contributed by atoms with van der Waals surface area (Å²) in [4.78, 5) is 44.9. The van der Waals surface area contributed by atoms with E-state index in [1.165, 1.54) is 4.90 Å². The topological polar surface area (TPSA) is 91.8 Å². The van der Waals surface area contributed by atoms with Crippen LogP contribution in [-0.4, -0.2) is 64.3 Å². The van der Waals surface area contributed by atoms with Gasteiger partial charge in [-0.25, -0.2) is 0 Å². The van der Waals surface area contributed by atoms with Crippen molar-refractivity contribution < 1.29 is 19.1 Å². The van der Waals surface area contributed by atoms with Gasteiger partial charge in [-0.15, -0.1) is 0 Å². The van der Waals surface area contributed by atoms with E-state index in [1.807, 2.05) is 42.5 Å². The summed E-state index contributed by atoms with van der Waals surface area (Å²) in [5.74, 6) is -0.487. The van der Waals surface area contributed by atoms with E-state index in [9.17, 15) is 14.4 Å². The Morgan fingerprint density at radius 1 is 1.10 bits per heavy atom. The van der Waals surface area contributed by atoms with Gasteiger partial charge < -0.3 is 19.9 Å². The van der Waals surface area contributed by atoms with Crippen molar-refractivity contribution in [2.45, 2.75) is 38.1 Å². The van der Waals surface area contributed by atoms with Gasteiger partial charge in [0.05, 0.1) is 19.3 Å². The van der Waals surface area contributed by atoms with Crippen LogP contribution in [0.5, 0.6) is 0 Å². The molecule has 0 radical (unpaired) electrons. The largest absolute Gasteiger partial charge is 0.370 e. The highest BCUT2D eigenvalue weighted by molar-refractivity contribution is 5.93. The molecule has 0 saturated carbocycles. The quantitative estimate of drug-likeness (QED) is 0.753. The smallest absolute Gasteiger partial charge is 0.245 e. The number of carbonyl (C=O) groups is 3. The number of nitrogens with zero attached hydrogens (tertiary/aromatic N) is 3. The molecule has 2 aromatic rings. The predicted molar refractivity (Wildman–Crippen MR) is 112 cm³/mol. The van der Waals surface area contributed by atoms with Crippen LogP contribution in [0.3, 0.4) is 0 Å². The zero-order chi connectivity index (χ0) is 21.6. The average molecular weight is 422 g/mol. The van der Waals surface area contributed by atoms with Gasteiger partial charge in [0, 0.05) is 38.4 Å². The SMILES string of the molecule is O=C1CC[C@@H](C(=O)N2CC(=O)N(Cc3ccccc3)CC(OCc3cccnc3)C2)N1. The third-order valence-corrected chi connectivity index (χ3v) is 5.56. The van der Waals surface area contributed by atoms with Gasteiger partial charge in [-0.1, -0.05) is 36.4 Å². The Kier molecular flexibility index (Phi) is 6.57.